The van der Waals surface area contributed by atoms with Crippen molar-refractivity contribution in [3.8, 4) is 22.9 Å². The van der Waals surface area contributed by atoms with Gasteiger partial charge in [-0.2, -0.15) is 0 Å². The van der Waals surface area contributed by atoms with Crippen molar-refractivity contribution in [2.24, 2.45) is 17.6 Å². The highest BCUT2D eigenvalue weighted by molar-refractivity contribution is 7.14. The Kier molecular flexibility index (Phi) is 11.3. The standard InChI is InChI=1S/C37H47N5O6S/c1-46-25-15-16-27-29(18-25)40-30(31-22-49-37(41-31)39-24-12-9-10-13-24)20-33(27)48-26-19-32(35(38)44)42(21-26)34(43)14-8-6-4-3-5-7-11-23-17-28(23)36(45)47-2/h7,11,15-16,18,20,22-24,26,28,32H,3-6,8-10,12-14,17,19,21H2,1-2H3,(H2,38,44)(H,39,41)/b11-7-/t23-,26-,28+,32+/m1/s1. The molecule has 0 radical (unpaired) electrons. The van der Waals surface area contributed by atoms with Gasteiger partial charge < -0.3 is 30.2 Å². The van der Waals surface area contributed by atoms with Gasteiger partial charge in [-0.05, 0) is 56.6 Å². The second-order valence-corrected chi connectivity index (χ2v) is 14.3. The van der Waals surface area contributed by atoms with Crippen LogP contribution in [-0.4, -0.2) is 71.6 Å². The number of nitrogens with zero attached hydrogens (tertiary/aromatic N) is 3. The molecule has 0 unspecified atom stereocenters. The molecule has 0 bridgehead atoms. The van der Waals surface area contributed by atoms with Gasteiger partial charge in [-0.1, -0.05) is 37.8 Å². The summed E-state index contributed by atoms with van der Waals surface area (Å²) in [7, 11) is 3.05. The van der Waals surface area contributed by atoms with Crippen molar-refractivity contribution in [3.63, 3.8) is 0 Å². The van der Waals surface area contributed by atoms with Crippen LogP contribution in [0.3, 0.4) is 0 Å². The SMILES string of the molecule is COC(=O)[C@H]1C[C@H]1/C=C\CCCCCCC(=O)N1C[C@H](Oc2cc(-c3csc(NC4CCCC4)n3)nc3cc(OC)ccc23)C[C@H]1C(N)=O. The van der Waals surface area contributed by atoms with E-state index in [2.05, 4.69) is 17.5 Å². The zero-order valence-electron chi connectivity index (χ0n) is 28.4. The minimum atomic E-state index is -0.714. The number of ether oxygens (including phenoxy) is 3. The third-order valence-electron chi connectivity index (χ3n) is 9.87. The third kappa shape index (κ3) is 8.70. The van der Waals surface area contributed by atoms with E-state index in [-0.39, 0.29) is 24.3 Å². The van der Waals surface area contributed by atoms with E-state index >= 15 is 0 Å². The van der Waals surface area contributed by atoms with Crippen molar-refractivity contribution >= 4 is 45.2 Å². The topological polar surface area (TPSA) is 146 Å². The number of methoxy groups -OCH3 is 2. The summed E-state index contributed by atoms with van der Waals surface area (Å²) >= 11 is 1.57. The predicted octanol–water partition coefficient (Wildman–Crippen LogP) is 6.26. The number of primary amides is 1. The van der Waals surface area contributed by atoms with Crippen LogP contribution < -0.4 is 20.5 Å². The maximum absolute atomic E-state index is 13.3. The molecule has 262 valence electrons. The number of carbonyl (C=O) groups excluding carboxylic acids is 3. The number of fused-ring (bicyclic) bond motifs is 1. The molecule has 2 saturated carbocycles. The molecule has 1 saturated heterocycles. The number of carbonyl (C=O) groups is 3. The first-order valence-electron chi connectivity index (χ1n) is 17.5. The number of thiazole rings is 1. The summed E-state index contributed by atoms with van der Waals surface area (Å²) in [5, 5.41) is 7.25. The lowest BCUT2D eigenvalue weighted by molar-refractivity contribution is -0.142. The lowest BCUT2D eigenvalue weighted by Crippen LogP contribution is -2.43. The number of pyridine rings is 1. The Balaban J connectivity index is 1.05. The largest absolute Gasteiger partial charge is 0.497 e. The van der Waals surface area contributed by atoms with Crippen molar-refractivity contribution in [2.75, 3.05) is 26.1 Å². The molecule has 6 rings (SSSR count). The summed E-state index contributed by atoms with van der Waals surface area (Å²) in [4.78, 5) is 48.7. The average Bonchev–Trinajstić information content (AvgIpc) is 3.46. The van der Waals surface area contributed by atoms with E-state index in [1.54, 1.807) is 23.3 Å². The number of benzene rings is 1. The van der Waals surface area contributed by atoms with E-state index in [9.17, 15) is 14.4 Å². The molecule has 1 aromatic carbocycles. The number of unbranched alkanes of at least 4 members (excludes halogenated alkanes) is 4. The number of aromatic nitrogens is 2. The molecule has 3 heterocycles. The first-order valence-corrected chi connectivity index (χ1v) is 18.4. The van der Waals surface area contributed by atoms with E-state index in [0.29, 0.717) is 47.5 Å². The molecule has 4 atom stereocenters. The molecular formula is C37H47N5O6S. The van der Waals surface area contributed by atoms with Crippen LogP contribution >= 0.6 is 11.3 Å². The number of hydrogen-bond donors (Lipinski definition) is 2. The molecule has 12 heteroatoms. The van der Waals surface area contributed by atoms with Crippen molar-refractivity contribution in [3.05, 3.63) is 41.8 Å². The van der Waals surface area contributed by atoms with Gasteiger partial charge in [0.2, 0.25) is 11.8 Å². The van der Waals surface area contributed by atoms with Gasteiger partial charge in [0.25, 0.3) is 0 Å². The maximum atomic E-state index is 13.3. The number of nitrogens with two attached hydrogens (primary N) is 1. The van der Waals surface area contributed by atoms with Gasteiger partial charge in [-0.15, -0.1) is 11.3 Å². The number of esters is 1. The van der Waals surface area contributed by atoms with Gasteiger partial charge in [-0.25, -0.2) is 9.97 Å². The number of rotatable bonds is 16. The van der Waals surface area contributed by atoms with Crippen LogP contribution in [0, 0.1) is 11.8 Å². The number of allylic oxidation sites excluding steroid dienone is 2. The summed E-state index contributed by atoms with van der Waals surface area (Å²) in [5.41, 5.74) is 7.93. The maximum Gasteiger partial charge on any atom is 0.309 e. The Morgan fingerprint density at radius 3 is 2.63 bits per heavy atom. The minimum Gasteiger partial charge on any atom is -0.497 e. The van der Waals surface area contributed by atoms with Crippen LogP contribution in [0.4, 0.5) is 5.13 Å². The van der Waals surface area contributed by atoms with Gasteiger partial charge in [0.05, 0.1) is 37.9 Å². The van der Waals surface area contributed by atoms with Gasteiger partial charge in [0.1, 0.15) is 29.3 Å². The van der Waals surface area contributed by atoms with Crippen LogP contribution in [0.5, 0.6) is 11.5 Å². The fourth-order valence-corrected chi connectivity index (χ4v) is 7.78. The Bertz CT molecular complexity index is 1670. The fraction of sp³-hybridized carbons (Fsp3) is 0.541. The molecule has 2 aliphatic carbocycles. The Morgan fingerprint density at radius 2 is 1.86 bits per heavy atom. The molecule has 11 nitrogen and oxygen atoms in total. The van der Waals surface area contributed by atoms with Crippen molar-refractivity contribution in [2.45, 2.75) is 95.2 Å². The second-order valence-electron chi connectivity index (χ2n) is 13.4. The molecule has 1 aliphatic heterocycles. The van der Waals surface area contributed by atoms with E-state index in [4.69, 9.17) is 29.9 Å². The highest BCUT2D eigenvalue weighted by Crippen LogP contribution is 2.40. The number of hydrogen-bond acceptors (Lipinski definition) is 10. The van der Waals surface area contributed by atoms with Gasteiger partial charge in [0, 0.05) is 41.8 Å². The zero-order chi connectivity index (χ0) is 34.3. The lowest BCUT2D eigenvalue weighted by Gasteiger charge is -2.22. The Hall–Kier alpha value is -4.19. The van der Waals surface area contributed by atoms with Gasteiger partial charge in [0.15, 0.2) is 5.13 Å². The molecule has 2 aromatic heterocycles. The summed E-state index contributed by atoms with van der Waals surface area (Å²) < 4.78 is 16.8. The van der Waals surface area contributed by atoms with Crippen LogP contribution in [0.25, 0.3) is 22.3 Å². The van der Waals surface area contributed by atoms with Gasteiger partial charge in [-0.3, -0.25) is 14.4 Å². The molecule has 0 spiro atoms. The highest BCUT2D eigenvalue weighted by atomic mass is 32.1. The smallest absolute Gasteiger partial charge is 0.309 e. The normalized spacial score (nSPS) is 22.1. The van der Waals surface area contributed by atoms with E-state index in [1.807, 2.05) is 29.6 Å². The number of likely N-dealkylation sites (tertiary alicyclic amines) is 1. The quantitative estimate of drug-likeness (QED) is 0.101. The van der Waals surface area contributed by atoms with E-state index < -0.39 is 18.1 Å². The molecular weight excluding hydrogens is 643 g/mol. The van der Waals surface area contributed by atoms with E-state index in [1.165, 1.54) is 20.0 Å². The zero-order valence-corrected chi connectivity index (χ0v) is 29.2. The number of anilines is 1. The van der Waals surface area contributed by atoms with Crippen molar-refractivity contribution in [1.29, 1.82) is 0 Å². The summed E-state index contributed by atoms with van der Waals surface area (Å²) in [5.74, 6) is 0.910. The van der Waals surface area contributed by atoms with Crippen LogP contribution in [0.15, 0.2) is 41.8 Å². The molecule has 3 fully saturated rings. The summed E-state index contributed by atoms with van der Waals surface area (Å²) in [6.45, 7) is 0.284. The minimum absolute atomic E-state index is 0.0261. The Morgan fingerprint density at radius 1 is 1.04 bits per heavy atom. The number of amides is 2. The first-order chi connectivity index (χ1) is 23.8. The highest BCUT2D eigenvalue weighted by Gasteiger charge is 2.42. The fourth-order valence-electron chi connectivity index (χ4n) is 7.00. The molecule has 2 amide bonds. The first kappa shape index (κ1) is 34.7. The summed E-state index contributed by atoms with van der Waals surface area (Å²) in [6.07, 6.45) is 14.9. The van der Waals surface area contributed by atoms with Crippen LogP contribution in [0.2, 0.25) is 0 Å². The number of nitrogens with one attached hydrogen (secondary N) is 1. The molecule has 3 aromatic rings. The van der Waals surface area contributed by atoms with E-state index in [0.717, 1.165) is 67.6 Å². The summed E-state index contributed by atoms with van der Waals surface area (Å²) in [6, 6.07) is 7.29. The Labute approximate surface area is 291 Å². The lowest BCUT2D eigenvalue weighted by atomic mass is 10.1. The third-order valence-corrected chi connectivity index (χ3v) is 10.6. The van der Waals surface area contributed by atoms with Crippen LogP contribution in [0.1, 0.15) is 77.0 Å². The van der Waals surface area contributed by atoms with Crippen LogP contribution in [-0.2, 0) is 19.1 Å². The van der Waals surface area contributed by atoms with Crippen molar-refractivity contribution in [1.82, 2.24) is 14.9 Å². The average molecular weight is 690 g/mol. The monoisotopic (exact) mass is 689 g/mol. The molecule has 3 aliphatic rings. The van der Waals surface area contributed by atoms with Gasteiger partial charge >= 0.3 is 5.97 Å². The molecule has 3 N–H and O–H groups in total. The van der Waals surface area contributed by atoms with Crippen molar-refractivity contribution < 1.29 is 28.6 Å². The predicted molar refractivity (Wildman–Crippen MR) is 189 cm³/mol. The molecule has 49 heavy (non-hydrogen) atoms. The second kappa shape index (κ2) is 16.0.